The summed E-state index contributed by atoms with van der Waals surface area (Å²) in [5.74, 6) is 2.26. The van der Waals surface area contributed by atoms with E-state index >= 15 is 0 Å². The van der Waals surface area contributed by atoms with Crippen LogP contribution >= 0.6 is 0 Å². The van der Waals surface area contributed by atoms with Crippen LogP contribution in [0.15, 0.2) is 48.5 Å². The van der Waals surface area contributed by atoms with Crippen molar-refractivity contribution in [2.45, 2.75) is 38.3 Å². The minimum absolute atomic E-state index is 0.130. The summed E-state index contributed by atoms with van der Waals surface area (Å²) in [5, 5.41) is 0. The molecule has 1 atom stereocenters. The third kappa shape index (κ3) is 4.46. The van der Waals surface area contributed by atoms with Gasteiger partial charge in [-0.1, -0.05) is 30.3 Å². The molecule has 5 nitrogen and oxygen atoms in total. The van der Waals surface area contributed by atoms with Crippen molar-refractivity contribution in [3.05, 3.63) is 59.7 Å². The lowest BCUT2D eigenvalue weighted by molar-refractivity contribution is -0.138. The Hall–Kier alpha value is -2.53. The molecule has 2 aliphatic heterocycles. The molecule has 2 aromatic carbocycles. The van der Waals surface area contributed by atoms with Crippen LogP contribution in [0.3, 0.4) is 0 Å². The molecule has 0 aliphatic carbocycles. The van der Waals surface area contributed by atoms with Crippen molar-refractivity contribution in [2.75, 3.05) is 33.9 Å². The first kappa shape index (κ1) is 20.7. The molecule has 2 fully saturated rings. The van der Waals surface area contributed by atoms with Gasteiger partial charge in [-0.2, -0.15) is 0 Å². The third-order valence-corrected chi connectivity index (χ3v) is 6.54. The molecule has 160 valence electrons. The number of carbonyl (C=O) groups is 1. The van der Waals surface area contributed by atoms with Crippen LogP contribution in [0, 0.1) is 5.92 Å². The maximum atomic E-state index is 13.4. The Bertz CT molecular complexity index is 861. The number of amides is 1. The van der Waals surface area contributed by atoms with E-state index in [1.54, 1.807) is 14.2 Å². The summed E-state index contributed by atoms with van der Waals surface area (Å²) in [5.41, 5.74) is 2.40. The highest BCUT2D eigenvalue weighted by Gasteiger charge is 2.35. The number of nitrogens with zero attached hydrogens (tertiary/aromatic N) is 2. The first-order valence-corrected chi connectivity index (χ1v) is 11.0. The first-order chi connectivity index (χ1) is 14.7. The lowest BCUT2D eigenvalue weighted by Gasteiger charge is -2.35. The molecular weight excluding hydrogens is 376 g/mol. The Labute approximate surface area is 179 Å². The summed E-state index contributed by atoms with van der Waals surface area (Å²) in [6.45, 7) is 3.64. The molecule has 0 unspecified atom stereocenters. The Kier molecular flexibility index (Phi) is 6.58. The second-order valence-electron chi connectivity index (χ2n) is 8.33. The van der Waals surface area contributed by atoms with Crippen LogP contribution in [-0.4, -0.2) is 49.6 Å². The van der Waals surface area contributed by atoms with Gasteiger partial charge in [0.1, 0.15) is 11.5 Å². The summed E-state index contributed by atoms with van der Waals surface area (Å²) in [6.07, 6.45) is 3.95. The van der Waals surface area contributed by atoms with Gasteiger partial charge in [0.15, 0.2) is 0 Å². The van der Waals surface area contributed by atoms with E-state index in [1.165, 1.54) is 11.1 Å². The number of rotatable bonds is 6. The van der Waals surface area contributed by atoms with Gasteiger partial charge in [-0.25, -0.2) is 0 Å². The number of para-hydroxylation sites is 1. The Morgan fingerprint density at radius 1 is 0.967 bits per heavy atom. The molecule has 2 aliphatic rings. The van der Waals surface area contributed by atoms with Crippen LogP contribution in [0.1, 0.15) is 42.9 Å². The van der Waals surface area contributed by atoms with Gasteiger partial charge in [0.25, 0.3) is 0 Å². The Morgan fingerprint density at radius 3 is 2.53 bits per heavy atom. The molecule has 30 heavy (non-hydrogen) atoms. The van der Waals surface area contributed by atoms with Gasteiger partial charge >= 0.3 is 0 Å². The molecule has 2 saturated heterocycles. The van der Waals surface area contributed by atoms with Crippen LogP contribution in [0.5, 0.6) is 11.5 Å². The normalized spacial score (nSPS) is 20.3. The zero-order valence-corrected chi connectivity index (χ0v) is 18.0. The van der Waals surface area contributed by atoms with Crippen LogP contribution in [0.2, 0.25) is 0 Å². The topological polar surface area (TPSA) is 42.0 Å². The highest BCUT2D eigenvalue weighted by Crippen LogP contribution is 2.36. The number of methoxy groups -OCH3 is 2. The van der Waals surface area contributed by atoms with Gasteiger partial charge in [0, 0.05) is 24.6 Å². The van der Waals surface area contributed by atoms with Crippen molar-refractivity contribution in [1.82, 2.24) is 9.80 Å². The molecule has 0 spiro atoms. The molecule has 5 heteroatoms. The van der Waals surface area contributed by atoms with E-state index in [1.807, 2.05) is 24.3 Å². The van der Waals surface area contributed by atoms with Crippen molar-refractivity contribution in [1.29, 1.82) is 0 Å². The van der Waals surface area contributed by atoms with Crippen molar-refractivity contribution in [3.8, 4) is 11.5 Å². The van der Waals surface area contributed by atoms with E-state index in [0.717, 1.165) is 63.4 Å². The highest BCUT2D eigenvalue weighted by molar-refractivity contribution is 5.79. The van der Waals surface area contributed by atoms with Gasteiger partial charge in [-0.3, -0.25) is 9.69 Å². The van der Waals surface area contributed by atoms with Crippen molar-refractivity contribution >= 4 is 5.91 Å². The third-order valence-electron chi connectivity index (χ3n) is 6.54. The maximum absolute atomic E-state index is 13.4. The van der Waals surface area contributed by atoms with E-state index in [0.29, 0.717) is 5.91 Å². The fourth-order valence-corrected chi connectivity index (χ4v) is 4.87. The summed E-state index contributed by atoms with van der Waals surface area (Å²) in [6, 6.07) is 16.5. The van der Waals surface area contributed by atoms with E-state index < -0.39 is 0 Å². The van der Waals surface area contributed by atoms with E-state index in [4.69, 9.17) is 9.47 Å². The van der Waals surface area contributed by atoms with Crippen LogP contribution in [-0.2, 0) is 11.3 Å². The predicted molar refractivity (Wildman–Crippen MR) is 118 cm³/mol. The molecule has 1 amide bonds. The van der Waals surface area contributed by atoms with Crippen LogP contribution < -0.4 is 9.47 Å². The first-order valence-electron chi connectivity index (χ1n) is 11.0. The van der Waals surface area contributed by atoms with Crippen molar-refractivity contribution in [2.24, 2.45) is 5.92 Å². The predicted octanol–water partition coefficient (Wildman–Crippen LogP) is 4.28. The molecule has 0 aromatic heterocycles. The number of piperidine rings is 1. The minimum atomic E-state index is 0.130. The standard InChI is InChI=1S/C25H32N2O3/c1-29-22-9-5-8-20(17-22)23-10-6-14-27(23)25(28)19-12-15-26(16-13-19)18-21-7-3-4-11-24(21)30-2/h3-5,7-9,11,17,19,23H,6,10,12-16,18H2,1-2H3/t23-/m1/s1. The number of carbonyl (C=O) groups excluding carboxylic acids is 1. The SMILES string of the molecule is COc1cccc([C@H]2CCCN2C(=O)C2CCN(Cc3ccccc3OC)CC2)c1. The van der Waals surface area contributed by atoms with Gasteiger partial charge in [-0.15, -0.1) is 0 Å². The monoisotopic (exact) mass is 408 g/mol. The molecule has 0 radical (unpaired) electrons. The summed E-state index contributed by atoms with van der Waals surface area (Å²) in [4.78, 5) is 17.9. The Balaban J connectivity index is 1.36. The summed E-state index contributed by atoms with van der Waals surface area (Å²) < 4.78 is 10.9. The van der Waals surface area contributed by atoms with Gasteiger partial charge in [-0.05, 0) is 62.5 Å². The smallest absolute Gasteiger partial charge is 0.226 e. The zero-order chi connectivity index (χ0) is 20.9. The fraction of sp³-hybridized carbons (Fsp3) is 0.480. The molecular formula is C25H32N2O3. The Morgan fingerprint density at radius 2 is 1.77 bits per heavy atom. The molecule has 2 aromatic rings. The van der Waals surface area contributed by atoms with Gasteiger partial charge in [0.05, 0.1) is 20.3 Å². The molecule has 0 saturated carbocycles. The number of benzene rings is 2. The number of hydrogen-bond donors (Lipinski definition) is 0. The average Bonchev–Trinajstić information content (AvgIpc) is 3.29. The molecule has 0 N–H and O–H groups in total. The fourth-order valence-electron chi connectivity index (χ4n) is 4.87. The molecule has 0 bridgehead atoms. The highest BCUT2D eigenvalue weighted by atomic mass is 16.5. The minimum Gasteiger partial charge on any atom is -0.497 e. The number of hydrogen-bond acceptors (Lipinski definition) is 4. The lowest BCUT2D eigenvalue weighted by atomic mass is 9.94. The number of ether oxygens (including phenoxy) is 2. The molecule has 2 heterocycles. The second-order valence-corrected chi connectivity index (χ2v) is 8.33. The zero-order valence-electron chi connectivity index (χ0n) is 18.0. The van der Waals surface area contributed by atoms with E-state index in [2.05, 4.69) is 34.1 Å². The lowest BCUT2D eigenvalue weighted by Crippen LogP contribution is -2.42. The second kappa shape index (κ2) is 9.52. The largest absolute Gasteiger partial charge is 0.497 e. The maximum Gasteiger partial charge on any atom is 0.226 e. The van der Waals surface area contributed by atoms with E-state index in [-0.39, 0.29) is 12.0 Å². The van der Waals surface area contributed by atoms with E-state index in [9.17, 15) is 4.79 Å². The van der Waals surface area contributed by atoms with Crippen molar-refractivity contribution < 1.29 is 14.3 Å². The average molecular weight is 409 g/mol. The number of likely N-dealkylation sites (tertiary alicyclic amines) is 2. The summed E-state index contributed by atoms with van der Waals surface area (Å²) in [7, 11) is 3.41. The molecule has 4 rings (SSSR count). The van der Waals surface area contributed by atoms with Gasteiger partial charge in [0.2, 0.25) is 5.91 Å². The van der Waals surface area contributed by atoms with Gasteiger partial charge < -0.3 is 14.4 Å². The van der Waals surface area contributed by atoms with Crippen molar-refractivity contribution in [3.63, 3.8) is 0 Å². The van der Waals surface area contributed by atoms with Crippen LogP contribution in [0.4, 0.5) is 0 Å². The van der Waals surface area contributed by atoms with Crippen LogP contribution in [0.25, 0.3) is 0 Å². The summed E-state index contributed by atoms with van der Waals surface area (Å²) >= 11 is 0. The quantitative estimate of drug-likeness (QED) is 0.716.